The molecule has 0 amide bonds. The third-order valence-electron chi connectivity index (χ3n) is 5.15. The molecule has 0 saturated carbocycles. The van der Waals surface area contributed by atoms with Crippen LogP contribution in [0, 0.1) is 36.5 Å². The van der Waals surface area contributed by atoms with Crippen LogP contribution in [-0.4, -0.2) is 25.2 Å². The van der Waals surface area contributed by atoms with E-state index < -0.39 is 0 Å². The molecular weight excluding hydrogens is 420 g/mol. The van der Waals surface area contributed by atoms with Gasteiger partial charge in [0.2, 0.25) is 0 Å². The number of anilines is 2. The second kappa shape index (κ2) is 12.1. The molecule has 2 N–H and O–H groups in total. The standard InChI is InChI=1S/C28H32N6/c1-19(2)28(33-25-12-10-23(17-30)11-13-25)31-18-26(34(6)7)22(5)32-27-20(3)15-24(9-8-14-29)16-21(27)4/h8-13,15-16,18,32-33H,1-7H3/b9-8+,26-22-,31-18-. The Balaban J connectivity index is 2.33. The quantitative estimate of drug-likeness (QED) is 0.360. The third-order valence-corrected chi connectivity index (χ3v) is 5.15. The van der Waals surface area contributed by atoms with E-state index in [1.165, 1.54) is 6.08 Å². The van der Waals surface area contributed by atoms with Gasteiger partial charge in [-0.1, -0.05) is 0 Å². The van der Waals surface area contributed by atoms with Gasteiger partial charge in [0.1, 0.15) is 5.82 Å². The van der Waals surface area contributed by atoms with Crippen molar-refractivity contribution in [3.63, 3.8) is 0 Å². The fourth-order valence-electron chi connectivity index (χ4n) is 3.40. The van der Waals surface area contributed by atoms with Crippen LogP contribution in [0.25, 0.3) is 6.08 Å². The predicted octanol–water partition coefficient (Wildman–Crippen LogP) is 6.35. The van der Waals surface area contributed by atoms with Gasteiger partial charge in [-0.15, -0.1) is 0 Å². The number of allylic oxidation sites excluding steroid dienone is 4. The largest absolute Gasteiger partial charge is 0.375 e. The summed E-state index contributed by atoms with van der Waals surface area (Å²) >= 11 is 0. The Hall–Kier alpha value is -4.29. The van der Waals surface area contributed by atoms with E-state index in [0.717, 1.165) is 50.9 Å². The fourth-order valence-corrected chi connectivity index (χ4v) is 3.40. The van der Waals surface area contributed by atoms with Crippen LogP contribution in [0.3, 0.4) is 0 Å². The molecule has 174 valence electrons. The van der Waals surface area contributed by atoms with Gasteiger partial charge in [0.15, 0.2) is 0 Å². The molecule has 0 aliphatic rings. The van der Waals surface area contributed by atoms with E-state index in [0.29, 0.717) is 5.56 Å². The van der Waals surface area contributed by atoms with Crippen LogP contribution >= 0.6 is 0 Å². The lowest BCUT2D eigenvalue weighted by molar-refractivity contribution is 0.536. The van der Waals surface area contributed by atoms with Crippen molar-refractivity contribution in [1.82, 2.24) is 4.90 Å². The van der Waals surface area contributed by atoms with Gasteiger partial charge < -0.3 is 15.5 Å². The Morgan fingerprint density at radius 3 is 2.09 bits per heavy atom. The predicted molar refractivity (Wildman–Crippen MR) is 142 cm³/mol. The van der Waals surface area contributed by atoms with Crippen molar-refractivity contribution in [2.45, 2.75) is 34.6 Å². The number of hydrogen-bond acceptors (Lipinski definition) is 6. The zero-order valence-corrected chi connectivity index (χ0v) is 21.0. The van der Waals surface area contributed by atoms with Crippen molar-refractivity contribution in [1.29, 1.82) is 10.5 Å². The Morgan fingerprint density at radius 1 is 0.971 bits per heavy atom. The summed E-state index contributed by atoms with van der Waals surface area (Å²) in [6, 6.07) is 15.6. The first-order valence-electron chi connectivity index (χ1n) is 11.0. The van der Waals surface area contributed by atoms with Gasteiger partial charge in [0.05, 0.1) is 29.6 Å². The van der Waals surface area contributed by atoms with Gasteiger partial charge in [-0.25, -0.2) is 4.99 Å². The van der Waals surface area contributed by atoms with Gasteiger partial charge in [0, 0.05) is 37.2 Å². The Morgan fingerprint density at radius 2 is 1.59 bits per heavy atom. The Bertz CT molecular complexity index is 1200. The fraction of sp³-hybridized carbons (Fsp3) is 0.250. The normalized spacial score (nSPS) is 11.6. The number of aryl methyl sites for hydroxylation is 2. The summed E-state index contributed by atoms with van der Waals surface area (Å²) in [5.74, 6) is 0.748. The average Bonchev–Trinajstić information content (AvgIpc) is 2.79. The van der Waals surface area contributed by atoms with Crippen molar-refractivity contribution in [3.05, 3.63) is 87.5 Å². The third kappa shape index (κ3) is 7.12. The van der Waals surface area contributed by atoms with Crippen LogP contribution in [0.5, 0.6) is 0 Å². The maximum Gasteiger partial charge on any atom is 0.128 e. The van der Waals surface area contributed by atoms with Gasteiger partial charge in [-0.3, -0.25) is 0 Å². The molecule has 2 aromatic rings. The lowest BCUT2D eigenvalue weighted by atomic mass is 10.0. The Labute approximate surface area is 203 Å². The van der Waals surface area contributed by atoms with E-state index in [1.54, 1.807) is 12.1 Å². The van der Waals surface area contributed by atoms with Crippen molar-refractivity contribution >= 4 is 23.7 Å². The van der Waals surface area contributed by atoms with Crippen LogP contribution < -0.4 is 10.6 Å². The van der Waals surface area contributed by atoms with Crippen molar-refractivity contribution in [2.75, 3.05) is 24.7 Å². The highest BCUT2D eigenvalue weighted by Gasteiger charge is 2.09. The van der Waals surface area contributed by atoms with Gasteiger partial charge in [-0.05, 0) is 99.4 Å². The number of rotatable bonds is 8. The molecule has 0 aromatic heterocycles. The van der Waals surface area contributed by atoms with E-state index >= 15 is 0 Å². The molecule has 6 heteroatoms. The van der Waals surface area contributed by atoms with Gasteiger partial charge >= 0.3 is 0 Å². The molecule has 0 aliphatic carbocycles. The second-order valence-corrected chi connectivity index (χ2v) is 8.44. The highest BCUT2D eigenvalue weighted by molar-refractivity contribution is 5.81. The highest BCUT2D eigenvalue weighted by atomic mass is 15.1. The number of aliphatic imine (C=N–C) groups is 1. The summed E-state index contributed by atoms with van der Waals surface area (Å²) in [5.41, 5.74) is 8.66. The molecular formula is C28H32N6. The van der Waals surface area contributed by atoms with Crippen LogP contribution in [0.4, 0.5) is 11.4 Å². The molecule has 0 fully saturated rings. The molecule has 0 aliphatic heterocycles. The van der Waals surface area contributed by atoms with Crippen molar-refractivity contribution in [3.8, 4) is 12.1 Å². The molecule has 6 nitrogen and oxygen atoms in total. The number of nitrogens with zero attached hydrogens (tertiary/aromatic N) is 4. The van der Waals surface area contributed by atoms with E-state index in [9.17, 15) is 0 Å². The lowest BCUT2D eigenvalue weighted by Crippen LogP contribution is -2.18. The lowest BCUT2D eigenvalue weighted by Gasteiger charge is -2.21. The van der Waals surface area contributed by atoms with E-state index in [-0.39, 0.29) is 0 Å². The van der Waals surface area contributed by atoms with E-state index in [2.05, 4.69) is 42.7 Å². The van der Waals surface area contributed by atoms with Crippen molar-refractivity contribution < 1.29 is 0 Å². The Kier molecular flexibility index (Phi) is 9.23. The summed E-state index contributed by atoms with van der Waals surface area (Å²) in [6.45, 7) is 10.1. The molecule has 0 spiro atoms. The molecule has 0 radical (unpaired) electrons. The first kappa shape index (κ1) is 26.0. The number of hydrogen-bond donors (Lipinski definition) is 2. The van der Waals surface area contributed by atoms with E-state index in [1.807, 2.05) is 70.3 Å². The minimum Gasteiger partial charge on any atom is -0.375 e. The minimum absolute atomic E-state index is 0.618. The summed E-state index contributed by atoms with van der Waals surface area (Å²) < 4.78 is 0. The monoisotopic (exact) mass is 452 g/mol. The number of nitriles is 2. The van der Waals surface area contributed by atoms with Crippen LogP contribution in [0.15, 0.2) is 70.3 Å². The molecule has 0 saturated heterocycles. The molecule has 2 rings (SSSR count). The van der Waals surface area contributed by atoms with E-state index in [4.69, 9.17) is 15.5 Å². The van der Waals surface area contributed by atoms with Crippen molar-refractivity contribution in [2.24, 2.45) is 4.99 Å². The number of nitrogens with one attached hydrogen (secondary N) is 2. The maximum atomic E-state index is 9.00. The van der Waals surface area contributed by atoms with Gasteiger partial charge in [-0.2, -0.15) is 10.5 Å². The SMILES string of the molecule is CC(C)=C(/N=C\C(=C(/C)Nc1c(C)cc(/C=C/C#N)cc1C)N(C)C)Nc1ccc(C#N)cc1. The first-order valence-corrected chi connectivity index (χ1v) is 11.0. The summed E-state index contributed by atoms with van der Waals surface area (Å²) in [7, 11) is 3.97. The molecule has 0 bridgehead atoms. The first-order chi connectivity index (χ1) is 16.2. The average molecular weight is 453 g/mol. The smallest absolute Gasteiger partial charge is 0.128 e. The molecule has 2 aromatic carbocycles. The van der Waals surface area contributed by atoms with Gasteiger partial charge in [0.25, 0.3) is 0 Å². The molecule has 0 atom stereocenters. The molecule has 0 heterocycles. The summed E-state index contributed by atoms with van der Waals surface area (Å²) in [6.07, 6.45) is 5.14. The molecule has 34 heavy (non-hydrogen) atoms. The topological polar surface area (TPSA) is 87.2 Å². The summed E-state index contributed by atoms with van der Waals surface area (Å²) in [5, 5.41) is 24.7. The van der Waals surface area contributed by atoms with Crippen LogP contribution in [0.2, 0.25) is 0 Å². The minimum atomic E-state index is 0.618. The maximum absolute atomic E-state index is 9.00. The zero-order valence-electron chi connectivity index (χ0n) is 21.0. The zero-order chi connectivity index (χ0) is 25.3. The van der Waals surface area contributed by atoms with Crippen LogP contribution in [0.1, 0.15) is 43.0 Å². The number of benzene rings is 2. The van der Waals surface area contributed by atoms with Crippen LogP contribution in [-0.2, 0) is 0 Å². The molecule has 0 unspecified atom stereocenters. The summed E-state index contributed by atoms with van der Waals surface area (Å²) in [4.78, 5) is 6.76. The second-order valence-electron chi connectivity index (χ2n) is 8.44. The highest BCUT2D eigenvalue weighted by Crippen LogP contribution is 2.25.